The third kappa shape index (κ3) is 2.21. The van der Waals surface area contributed by atoms with Crippen molar-refractivity contribution < 1.29 is 4.74 Å². The van der Waals surface area contributed by atoms with Crippen LogP contribution in [0, 0.1) is 6.92 Å². The molecule has 15 heavy (non-hydrogen) atoms. The summed E-state index contributed by atoms with van der Waals surface area (Å²) in [4.78, 5) is 0. The number of aryl methyl sites for hydroxylation is 1. The minimum atomic E-state index is 0.706. The van der Waals surface area contributed by atoms with E-state index in [2.05, 4.69) is 35.8 Å². The van der Waals surface area contributed by atoms with E-state index in [1.165, 1.54) is 5.56 Å². The first-order chi connectivity index (χ1) is 7.29. The molecule has 1 aromatic heterocycles. The van der Waals surface area contributed by atoms with Gasteiger partial charge in [0.1, 0.15) is 5.75 Å². The van der Waals surface area contributed by atoms with Gasteiger partial charge in [-0.2, -0.15) is 0 Å². The molecule has 2 aromatic rings. The van der Waals surface area contributed by atoms with Gasteiger partial charge < -0.3 is 9.30 Å². The molecule has 78 valence electrons. The molecule has 0 bridgehead atoms. The van der Waals surface area contributed by atoms with E-state index in [1.54, 1.807) is 0 Å². The topological polar surface area (TPSA) is 14.2 Å². The Morgan fingerprint density at radius 2 is 1.87 bits per heavy atom. The van der Waals surface area contributed by atoms with Gasteiger partial charge in [0.15, 0.2) is 0 Å². The lowest BCUT2D eigenvalue weighted by atomic mass is 10.2. The van der Waals surface area contributed by atoms with Crippen molar-refractivity contribution in [1.29, 1.82) is 0 Å². The minimum absolute atomic E-state index is 0.706. The molecular weight excluding hydrogens is 186 g/mol. The van der Waals surface area contributed by atoms with Crippen LogP contribution in [0.2, 0.25) is 0 Å². The zero-order chi connectivity index (χ0) is 10.7. The Balaban J connectivity index is 2.25. The highest BCUT2D eigenvalue weighted by Crippen LogP contribution is 2.16. The third-order valence-electron chi connectivity index (χ3n) is 2.31. The molecule has 1 heterocycles. The summed E-state index contributed by atoms with van der Waals surface area (Å²) >= 11 is 0. The van der Waals surface area contributed by atoms with Gasteiger partial charge in [0.2, 0.25) is 0 Å². The van der Waals surface area contributed by atoms with Gasteiger partial charge >= 0.3 is 0 Å². The molecule has 0 spiro atoms. The van der Waals surface area contributed by atoms with E-state index in [4.69, 9.17) is 4.74 Å². The van der Waals surface area contributed by atoms with Crippen LogP contribution in [0.4, 0.5) is 0 Å². The van der Waals surface area contributed by atoms with Gasteiger partial charge in [0.05, 0.1) is 12.8 Å². The summed E-state index contributed by atoms with van der Waals surface area (Å²) in [5.41, 5.74) is 2.43. The highest BCUT2D eigenvalue weighted by molar-refractivity contribution is 5.37. The lowest BCUT2D eigenvalue weighted by molar-refractivity contribution is 0.340. The number of nitrogens with zero attached hydrogens (tertiary/aromatic N) is 1. The summed E-state index contributed by atoms with van der Waals surface area (Å²) in [5.74, 6) is 0.915. The average molecular weight is 201 g/mol. The number of aromatic nitrogens is 1. The normalized spacial score (nSPS) is 10.3. The standard InChI is InChI=1S/C13H15NO/c1-3-15-13-8-9-14(10-13)12-6-4-11(2)5-7-12/h4-10H,3H2,1-2H3. The van der Waals surface area contributed by atoms with Gasteiger partial charge in [-0.1, -0.05) is 17.7 Å². The maximum atomic E-state index is 5.41. The quantitative estimate of drug-likeness (QED) is 0.744. The minimum Gasteiger partial charge on any atom is -0.492 e. The monoisotopic (exact) mass is 201 g/mol. The van der Waals surface area contributed by atoms with Crippen molar-refractivity contribution in [2.24, 2.45) is 0 Å². The summed E-state index contributed by atoms with van der Waals surface area (Å²) in [6.07, 6.45) is 4.00. The van der Waals surface area contributed by atoms with Crippen molar-refractivity contribution in [2.45, 2.75) is 13.8 Å². The maximum absolute atomic E-state index is 5.41. The zero-order valence-corrected chi connectivity index (χ0v) is 9.10. The molecule has 0 aliphatic heterocycles. The van der Waals surface area contributed by atoms with Gasteiger partial charge in [-0.3, -0.25) is 0 Å². The van der Waals surface area contributed by atoms with Crippen LogP contribution in [-0.2, 0) is 0 Å². The summed E-state index contributed by atoms with van der Waals surface area (Å²) in [7, 11) is 0. The number of ether oxygens (including phenoxy) is 1. The fourth-order valence-corrected chi connectivity index (χ4v) is 1.51. The lowest BCUT2D eigenvalue weighted by Crippen LogP contribution is -1.91. The van der Waals surface area contributed by atoms with Crippen LogP contribution in [0.5, 0.6) is 5.75 Å². The summed E-state index contributed by atoms with van der Waals surface area (Å²) < 4.78 is 7.47. The Kier molecular flexibility index (Phi) is 2.77. The van der Waals surface area contributed by atoms with Gasteiger partial charge in [0.25, 0.3) is 0 Å². The molecule has 2 rings (SSSR count). The van der Waals surface area contributed by atoms with Crippen molar-refractivity contribution in [3.05, 3.63) is 48.3 Å². The molecule has 0 unspecified atom stereocenters. The second-order valence-electron chi connectivity index (χ2n) is 3.52. The van der Waals surface area contributed by atoms with Crippen LogP contribution in [0.25, 0.3) is 5.69 Å². The summed E-state index contributed by atoms with van der Waals surface area (Å²) in [6.45, 7) is 4.78. The molecule has 0 amide bonds. The van der Waals surface area contributed by atoms with E-state index < -0.39 is 0 Å². The van der Waals surface area contributed by atoms with Crippen LogP contribution in [0.15, 0.2) is 42.7 Å². The zero-order valence-electron chi connectivity index (χ0n) is 9.10. The Bertz CT molecular complexity index is 428. The second-order valence-corrected chi connectivity index (χ2v) is 3.52. The van der Waals surface area contributed by atoms with Crippen molar-refractivity contribution >= 4 is 0 Å². The molecule has 0 aliphatic rings. The van der Waals surface area contributed by atoms with E-state index in [0.717, 1.165) is 11.4 Å². The van der Waals surface area contributed by atoms with E-state index in [-0.39, 0.29) is 0 Å². The molecule has 2 heteroatoms. The molecule has 0 saturated carbocycles. The van der Waals surface area contributed by atoms with Crippen LogP contribution >= 0.6 is 0 Å². The Morgan fingerprint density at radius 1 is 1.13 bits per heavy atom. The van der Waals surface area contributed by atoms with Crippen LogP contribution in [-0.4, -0.2) is 11.2 Å². The van der Waals surface area contributed by atoms with Gasteiger partial charge in [-0.05, 0) is 32.0 Å². The molecule has 0 aliphatic carbocycles. The highest BCUT2D eigenvalue weighted by atomic mass is 16.5. The van der Waals surface area contributed by atoms with Crippen LogP contribution < -0.4 is 4.74 Å². The van der Waals surface area contributed by atoms with E-state index in [0.29, 0.717) is 6.61 Å². The summed E-state index contributed by atoms with van der Waals surface area (Å²) in [6, 6.07) is 10.4. The molecule has 2 nitrogen and oxygen atoms in total. The van der Waals surface area contributed by atoms with Gasteiger partial charge in [0, 0.05) is 11.9 Å². The number of rotatable bonds is 3. The fraction of sp³-hybridized carbons (Fsp3) is 0.231. The molecule has 1 aromatic carbocycles. The maximum Gasteiger partial charge on any atom is 0.137 e. The first-order valence-electron chi connectivity index (χ1n) is 5.17. The van der Waals surface area contributed by atoms with Gasteiger partial charge in [-0.25, -0.2) is 0 Å². The first-order valence-corrected chi connectivity index (χ1v) is 5.17. The average Bonchev–Trinajstić information content (AvgIpc) is 2.68. The SMILES string of the molecule is CCOc1ccn(-c2ccc(C)cc2)c1. The Labute approximate surface area is 90.1 Å². The molecule has 0 radical (unpaired) electrons. The molecule has 0 fully saturated rings. The number of benzene rings is 1. The van der Waals surface area contributed by atoms with Crippen molar-refractivity contribution in [3.8, 4) is 11.4 Å². The van der Waals surface area contributed by atoms with E-state index in [9.17, 15) is 0 Å². The van der Waals surface area contributed by atoms with Crippen molar-refractivity contribution in [1.82, 2.24) is 4.57 Å². The molecule has 0 atom stereocenters. The third-order valence-corrected chi connectivity index (χ3v) is 2.31. The van der Waals surface area contributed by atoms with E-state index >= 15 is 0 Å². The van der Waals surface area contributed by atoms with Crippen LogP contribution in [0.3, 0.4) is 0 Å². The van der Waals surface area contributed by atoms with Crippen molar-refractivity contribution in [2.75, 3.05) is 6.61 Å². The number of hydrogen-bond donors (Lipinski definition) is 0. The fourth-order valence-electron chi connectivity index (χ4n) is 1.51. The predicted octanol–water partition coefficient (Wildman–Crippen LogP) is 3.18. The largest absolute Gasteiger partial charge is 0.492 e. The Morgan fingerprint density at radius 3 is 2.53 bits per heavy atom. The van der Waals surface area contributed by atoms with E-state index in [1.807, 2.05) is 25.4 Å². The molecule has 0 saturated heterocycles. The second kappa shape index (κ2) is 4.22. The lowest BCUT2D eigenvalue weighted by Gasteiger charge is -2.02. The Hall–Kier alpha value is -1.70. The number of hydrogen-bond acceptors (Lipinski definition) is 1. The molecular formula is C13H15NO. The predicted molar refractivity (Wildman–Crippen MR) is 61.7 cm³/mol. The van der Waals surface area contributed by atoms with Crippen LogP contribution in [0.1, 0.15) is 12.5 Å². The van der Waals surface area contributed by atoms with Crippen molar-refractivity contribution in [3.63, 3.8) is 0 Å². The molecule has 0 N–H and O–H groups in total. The smallest absolute Gasteiger partial charge is 0.137 e. The summed E-state index contributed by atoms with van der Waals surface area (Å²) in [5, 5.41) is 0. The van der Waals surface area contributed by atoms with Gasteiger partial charge in [-0.15, -0.1) is 0 Å². The first kappa shape index (κ1) is 9.84. The highest BCUT2D eigenvalue weighted by Gasteiger charge is 1.98.